The van der Waals surface area contributed by atoms with Crippen molar-refractivity contribution in [3.8, 4) is 5.69 Å². The second kappa shape index (κ2) is 12.1. The van der Waals surface area contributed by atoms with Gasteiger partial charge in [0.2, 0.25) is 0 Å². The molecular formula is C31H31Cl2N5O. The quantitative estimate of drug-likeness (QED) is 0.208. The van der Waals surface area contributed by atoms with E-state index in [0.717, 1.165) is 55.4 Å². The van der Waals surface area contributed by atoms with Gasteiger partial charge >= 0.3 is 0 Å². The van der Waals surface area contributed by atoms with Crippen molar-refractivity contribution in [1.29, 1.82) is 0 Å². The van der Waals surface area contributed by atoms with Gasteiger partial charge in [0.25, 0.3) is 5.91 Å². The number of rotatable bonds is 7. The van der Waals surface area contributed by atoms with Crippen LogP contribution in [-0.4, -0.2) is 47.8 Å². The summed E-state index contributed by atoms with van der Waals surface area (Å²) in [5.41, 5.74) is 9.45. The number of anilines is 1. The molecule has 0 saturated carbocycles. The number of aryl methyl sites for hydroxylation is 1. The Morgan fingerprint density at radius 3 is 2.21 bits per heavy atom. The lowest BCUT2D eigenvalue weighted by Gasteiger charge is -2.36. The molecule has 4 aromatic rings. The summed E-state index contributed by atoms with van der Waals surface area (Å²) in [5.74, 6) is -0.246. The molecule has 3 aromatic carbocycles. The Labute approximate surface area is 239 Å². The molecule has 1 saturated heterocycles. The van der Waals surface area contributed by atoms with Gasteiger partial charge in [0, 0.05) is 76.7 Å². The van der Waals surface area contributed by atoms with Gasteiger partial charge in [-0.1, -0.05) is 53.5 Å². The molecule has 0 aliphatic carbocycles. The van der Waals surface area contributed by atoms with Crippen molar-refractivity contribution in [2.24, 2.45) is 5.10 Å². The first-order valence-electron chi connectivity index (χ1n) is 13.0. The molecule has 0 atom stereocenters. The third-order valence-corrected chi connectivity index (χ3v) is 7.50. The largest absolute Gasteiger partial charge is 0.369 e. The lowest BCUT2D eigenvalue weighted by atomic mass is 10.1. The van der Waals surface area contributed by atoms with Crippen LogP contribution in [0.4, 0.5) is 5.69 Å². The van der Waals surface area contributed by atoms with Crippen LogP contribution >= 0.6 is 23.2 Å². The number of hydrazone groups is 1. The SMILES string of the molecule is Cc1cc(C=NNC(=O)c2ccc(CN3CCN(c4ccccc4)CC3)cc2)c(C)n1-c1cc(Cl)cc(Cl)c1. The number of aromatic nitrogens is 1. The van der Waals surface area contributed by atoms with E-state index in [2.05, 4.69) is 55.2 Å². The zero-order valence-electron chi connectivity index (χ0n) is 22.1. The first kappa shape index (κ1) is 27.0. The number of halogens is 2. The fourth-order valence-electron chi connectivity index (χ4n) is 5.03. The van der Waals surface area contributed by atoms with Crippen LogP contribution in [0.1, 0.15) is 32.9 Å². The van der Waals surface area contributed by atoms with Crippen LogP contribution in [0.25, 0.3) is 5.69 Å². The summed E-state index contributed by atoms with van der Waals surface area (Å²) in [6.45, 7) is 8.91. The summed E-state index contributed by atoms with van der Waals surface area (Å²) in [7, 11) is 0. The maximum absolute atomic E-state index is 12.7. The number of para-hydroxylation sites is 1. The van der Waals surface area contributed by atoms with Gasteiger partial charge in [0.05, 0.1) is 6.21 Å². The molecule has 2 heterocycles. The fraction of sp³-hybridized carbons (Fsp3) is 0.226. The first-order valence-corrected chi connectivity index (χ1v) is 13.7. The summed E-state index contributed by atoms with van der Waals surface area (Å²) in [5, 5.41) is 5.35. The molecule has 8 heteroatoms. The second-order valence-electron chi connectivity index (χ2n) is 9.78. The van der Waals surface area contributed by atoms with Crippen molar-refractivity contribution in [3.63, 3.8) is 0 Å². The van der Waals surface area contributed by atoms with E-state index in [1.54, 1.807) is 12.3 Å². The second-order valence-corrected chi connectivity index (χ2v) is 10.7. The number of hydrogen-bond acceptors (Lipinski definition) is 4. The lowest BCUT2D eigenvalue weighted by molar-refractivity contribution is 0.0955. The van der Waals surface area contributed by atoms with Crippen LogP contribution in [0.2, 0.25) is 10.0 Å². The van der Waals surface area contributed by atoms with Crippen molar-refractivity contribution >= 4 is 41.0 Å². The number of piperazine rings is 1. The molecule has 0 bridgehead atoms. The fourth-order valence-corrected chi connectivity index (χ4v) is 5.55. The lowest BCUT2D eigenvalue weighted by Crippen LogP contribution is -2.45. The van der Waals surface area contributed by atoms with Gasteiger partial charge < -0.3 is 9.47 Å². The number of hydrogen-bond donors (Lipinski definition) is 1. The van der Waals surface area contributed by atoms with Gasteiger partial charge in [-0.05, 0) is 67.9 Å². The number of nitrogens with zero attached hydrogens (tertiary/aromatic N) is 4. The Kier molecular flexibility index (Phi) is 8.36. The van der Waals surface area contributed by atoms with E-state index in [9.17, 15) is 4.79 Å². The molecule has 0 radical (unpaired) electrons. The van der Waals surface area contributed by atoms with Crippen LogP contribution in [-0.2, 0) is 6.54 Å². The van der Waals surface area contributed by atoms with Crippen molar-refractivity contribution in [2.75, 3.05) is 31.1 Å². The third kappa shape index (κ3) is 6.53. The molecule has 5 rings (SSSR count). The third-order valence-electron chi connectivity index (χ3n) is 7.06. The van der Waals surface area contributed by atoms with Crippen molar-refractivity contribution in [3.05, 3.63) is 117 Å². The Morgan fingerprint density at radius 1 is 0.872 bits per heavy atom. The molecule has 1 aromatic heterocycles. The smallest absolute Gasteiger partial charge is 0.271 e. The van der Waals surface area contributed by atoms with Crippen LogP contribution in [0, 0.1) is 13.8 Å². The van der Waals surface area contributed by atoms with E-state index in [4.69, 9.17) is 23.2 Å². The Morgan fingerprint density at radius 2 is 1.54 bits per heavy atom. The summed E-state index contributed by atoms with van der Waals surface area (Å²) in [6.07, 6.45) is 1.66. The monoisotopic (exact) mass is 559 g/mol. The predicted molar refractivity (Wildman–Crippen MR) is 161 cm³/mol. The highest BCUT2D eigenvalue weighted by atomic mass is 35.5. The molecule has 200 valence electrons. The number of amides is 1. The van der Waals surface area contributed by atoms with E-state index in [1.165, 1.54) is 11.3 Å². The molecule has 0 spiro atoms. The van der Waals surface area contributed by atoms with Gasteiger partial charge in [-0.3, -0.25) is 9.69 Å². The summed E-state index contributed by atoms with van der Waals surface area (Å²) in [6, 6.07) is 25.8. The predicted octanol–water partition coefficient (Wildman–Crippen LogP) is 6.49. The van der Waals surface area contributed by atoms with Crippen LogP contribution in [0.5, 0.6) is 0 Å². The van der Waals surface area contributed by atoms with E-state index in [0.29, 0.717) is 15.6 Å². The van der Waals surface area contributed by atoms with Crippen molar-refractivity contribution in [2.45, 2.75) is 20.4 Å². The Bertz CT molecular complexity index is 1450. The van der Waals surface area contributed by atoms with E-state index < -0.39 is 0 Å². The summed E-state index contributed by atoms with van der Waals surface area (Å²) < 4.78 is 2.06. The Hall–Kier alpha value is -3.58. The van der Waals surface area contributed by atoms with Gasteiger partial charge in [-0.25, -0.2) is 5.43 Å². The maximum Gasteiger partial charge on any atom is 0.271 e. The zero-order chi connectivity index (χ0) is 27.4. The van der Waals surface area contributed by atoms with Crippen LogP contribution in [0.15, 0.2) is 84.0 Å². The van der Waals surface area contributed by atoms with Crippen LogP contribution < -0.4 is 10.3 Å². The molecule has 1 aliphatic rings. The summed E-state index contributed by atoms with van der Waals surface area (Å²) >= 11 is 12.4. The minimum atomic E-state index is -0.246. The zero-order valence-corrected chi connectivity index (χ0v) is 23.6. The highest BCUT2D eigenvalue weighted by Crippen LogP contribution is 2.26. The highest BCUT2D eigenvalue weighted by molar-refractivity contribution is 6.34. The van der Waals surface area contributed by atoms with E-state index in [-0.39, 0.29) is 5.91 Å². The average molecular weight is 561 g/mol. The van der Waals surface area contributed by atoms with Crippen LogP contribution in [0.3, 0.4) is 0 Å². The molecule has 1 aliphatic heterocycles. The molecule has 1 N–H and O–H groups in total. The number of carbonyl (C=O) groups excluding carboxylic acids is 1. The molecule has 39 heavy (non-hydrogen) atoms. The molecule has 6 nitrogen and oxygen atoms in total. The van der Waals surface area contributed by atoms with Crippen molar-refractivity contribution in [1.82, 2.24) is 14.9 Å². The average Bonchev–Trinajstić information content (AvgIpc) is 3.22. The minimum Gasteiger partial charge on any atom is -0.369 e. The van der Waals surface area contributed by atoms with E-state index in [1.807, 2.05) is 56.3 Å². The van der Waals surface area contributed by atoms with Gasteiger partial charge in [0.1, 0.15) is 0 Å². The normalized spacial score (nSPS) is 14.2. The Balaban J connectivity index is 1.15. The number of carbonyl (C=O) groups is 1. The number of benzene rings is 3. The molecular weight excluding hydrogens is 529 g/mol. The van der Waals surface area contributed by atoms with Gasteiger partial charge in [0.15, 0.2) is 0 Å². The highest BCUT2D eigenvalue weighted by Gasteiger charge is 2.17. The van der Waals surface area contributed by atoms with E-state index >= 15 is 0 Å². The van der Waals surface area contributed by atoms with Gasteiger partial charge in [-0.15, -0.1) is 0 Å². The first-order chi connectivity index (χ1) is 18.9. The standard InChI is InChI=1S/C31H31Cl2N5O/c1-22-16-26(23(2)38(22)30-18-27(32)17-28(33)19-30)20-34-35-31(39)25-10-8-24(9-11-25)21-36-12-14-37(15-13-36)29-6-4-3-5-7-29/h3-11,16-20H,12-15,21H2,1-2H3,(H,35,39). The molecule has 1 amide bonds. The topological polar surface area (TPSA) is 52.9 Å². The molecule has 1 fully saturated rings. The minimum absolute atomic E-state index is 0.246. The molecule has 0 unspecified atom stereocenters. The van der Waals surface area contributed by atoms with Gasteiger partial charge in [-0.2, -0.15) is 5.10 Å². The maximum atomic E-state index is 12.7. The number of nitrogens with one attached hydrogen (secondary N) is 1. The summed E-state index contributed by atoms with van der Waals surface area (Å²) in [4.78, 5) is 17.6. The van der Waals surface area contributed by atoms with Crippen molar-refractivity contribution < 1.29 is 4.79 Å².